The number of aliphatic hydroxyl groups excluding tert-OH is 1. The summed E-state index contributed by atoms with van der Waals surface area (Å²) < 4.78 is 11.1. The number of hydrogen-bond donors (Lipinski definition) is 1. The largest absolute Gasteiger partial charge is 0.380 e. The van der Waals surface area contributed by atoms with Crippen LogP contribution >= 0.6 is 0 Å². The number of ether oxygens (including phenoxy) is 2. The maximum atomic E-state index is 9.19. The van der Waals surface area contributed by atoms with Gasteiger partial charge in [-0.05, 0) is 39.0 Å². The van der Waals surface area contributed by atoms with Crippen molar-refractivity contribution >= 4 is 0 Å². The molecule has 0 radical (unpaired) electrons. The topological polar surface area (TPSA) is 38.7 Å². The molecule has 1 saturated heterocycles. The number of rotatable bonds is 5. The van der Waals surface area contributed by atoms with Crippen molar-refractivity contribution in [2.75, 3.05) is 6.61 Å². The van der Waals surface area contributed by atoms with E-state index in [1.807, 2.05) is 6.92 Å². The predicted octanol–water partition coefficient (Wildman–Crippen LogP) is 1.69. The SMILES string of the molecule is C#CC(O)CCC(C)OC1CCCCO1. The molecule has 0 bridgehead atoms. The van der Waals surface area contributed by atoms with Crippen molar-refractivity contribution in [3.8, 4) is 12.3 Å². The Morgan fingerprint density at radius 2 is 2.33 bits per heavy atom. The maximum absolute atomic E-state index is 9.19. The lowest BCUT2D eigenvalue weighted by Gasteiger charge is -2.26. The van der Waals surface area contributed by atoms with Gasteiger partial charge in [-0.3, -0.25) is 0 Å². The summed E-state index contributed by atoms with van der Waals surface area (Å²) in [6, 6.07) is 0. The van der Waals surface area contributed by atoms with Gasteiger partial charge in [0.2, 0.25) is 0 Å². The van der Waals surface area contributed by atoms with Crippen LogP contribution in [0, 0.1) is 12.3 Å². The van der Waals surface area contributed by atoms with Crippen molar-refractivity contribution in [2.24, 2.45) is 0 Å². The Morgan fingerprint density at radius 1 is 1.53 bits per heavy atom. The van der Waals surface area contributed by atoms with Crippen molar-refractivity contribution in [1.82, 2.24) is 0 Å². The van der Waals surface area contributed by atoms with Gasteiger partial charge in [0.05, 0.1) is 6.10 Å². The van der Waals surface area contributed by atoms with Gasteiger partial charge in [0.25, 0.3) is 0 Å². The summed E-state index contributed by atoms with van der Waals surface area (Å²) >= 11 is 0. The Bertz CT molecular complexity index is 203. The molecule has 1 N–H and O–H groups in total. The van der Waals surface area contributed by atoms with Gasteiger partial charge in [-0.2, -0.15) is 0 Å². The minimum Gasteiger partial charge on any atom is -0.380 e. The minimum absolute atomic E-state index is 0.0586. The molecule has 0 aromatic heterocycles. The Morgan fingerprint density at radius 3 is 2.93 bits per heavy atom. The molecular formula is C12H20O3. The lowest BCUT2D eigenvalue weighted by Crippen LogP contribution is -2.27. The molecule has 0 saturated carbocycles. The van der Waals surface area contributed by atoms with Gasteiger partial charge in [0, 0.05) is 6.61 Å². The zero-order chi connectivity index (χ0) is 11.1. The second kappa shape index (κ2) is 6.84. The fourth-order valence-corrected chi connectivity index (χ4v) is 1.62. The van der Waals surface area contributed by atoms with Crippen molar-refractivity contribution in [3.63, 3.8) is 0 Å². The van der Waals surface area contributed by atoms with Crippen LogP contribution in [0.25, 0.3) is 0 Å². The van der Waals surface area contributed by atoms with E-state index in [-0.39, 0.29) is 12.4 Å². The molecule has 86 valence electrons. The van der Waals surface area contributed by atoms with E-state index in [1.165, 1.54) is 6.42 Å². The van der Waals surface area contributed by atoms with Gasteiger partial charge in [-0.1, -0.05) is 5.92 Å². The highest BCUT2D eigenvalue weighted by Gasteiger charge is 2.17. The van der Waals surface area contributed by atoms with Crippen LogP contribution in [0.3, 0.4) is 0 Å². The molecule has 1 heterocycles. The van der Waals surface area contributed by atoms with Gasteiger partial charge in [0.15, 0.2) is 6.29 Å². The van der Waals surface area contributed by atoms with E-state index in [9.17, 15) is 5.11 Å². The molecule has 0 amide bonds. The first-order chi connectivity index (χ1) is 7.22. The zero-order valence-electron chi connectivity index (χ0n) is 9.32. The second-order valence-electron chi connectivity index (χ2n) is 4.00. The molecule has 1 aliphatic heterocycles. The monoisotopic (exact) mass is 212 g/mol. The van der Waals surface area contributed by atoms with Gasteiger partial charge < -0.3 is 14.6 Å². The quantitative estimate of drug-likeness (QED) is 0.705. The summed E-state index contributed by atoms with van der Waals surface area (Å²) in [5, 5.41) is 9.19. The number of hydrogen-bond acceptors (Lipinski definition) is 3. The Kier molecular flexibility index (Phi) is 5.70. The van der Waals surface area contributed by atoms with Gasteiger partial charge >= 0.3 is 0 Å². The first kappa shape index (κ1) is 12.5. The average molecular weight is 212 g/mol. The lowest BCUT2D eigenvalue weighted by atomic mass is 10.1. The highest BCUT2D eigenvalue weighted by molar-refractivity contribution is 4.93. The fourth-order valence-electron chi connectivity index (χ4n) is 1.62. The van der Waals surface area contributed by atoms with E-state index in [4.69, 9.17) is 15.9 Å². The van der Waals surface area contributed by atoms with Crippen molar-refractivity contribution in [2.45, 2.75) is 57.5 Å². The minimum atomic E-state index is -0.650. The number of terminal acetylenes is 1. The summed E-state index contributed by atoms with van der Waals surface area (Å²) in [4.78, 5) is 0. The van der Waals surface area contributed by atoms with Gasteiger partial charge in [-0.15, -0.1) is 6.42 Å². The van der Waals surface area contributed by atoms with Crippen molar-refractivity contribution < 1.29 is 14.6 Å². The standard InChI is InChI=1S/C12H20O3/c1-3-11(13)8-7-10(2)15-12-6-4-5-9-14-12/h1,10-13H,4-9H2,2H3. The summed E-state index contributed by atoms with van der Waals surface area (Å²) in [6.07, 6.45) is 9.09. The number of aliphatic hydroxyl groups is 1. The summed E-state index contributed by atoms with van der Waals surface area (Å²) in [7, 11) is 0. The fraction of sp³-hybridized carbons (Fsp3) is 0.833. The third kappa shape index (κ3) is 5.17. The highest BCUT2D eigenvalue weighted by Crippen LogP contribution is 2.17. The van der Waals surface area contributed by atoms with Crippen molar-refractivity contribution in [1.29, 1.82) is 0 Å². The molecular weight excluding hydrogens is 192 g/mol. The smallest absolute Gasteiger partial charge is 0.157 e. The van der Waals surface area contributed by atoms with E-state index in [0.717, 1.165) is 25.9 Å². The van der Waals surface area contributed by atoms with Gasteiger partial charge in [-0.25, -0.2) is 0 Å². The molecule has 3 nitrogen and oxygen atoms in total. The zero-order valence-corrected chi connectivity index (χ0v) is 9.32. The molecule has 3 unspecified atom stereocenters. The lowest BCUT2D eigenvalue weighted by molar-refractivity contribution is -0.186. The molecule has 3 heteroatoms. The van der Waals surface area contributed by atoms with Crippen LogP contribution in [0.1, 0.15) is 39.0 Å². The molecule has 1 fully saturated rings. The van der Waals surface area contributed by atoms with Crippen LogP contribution in [0.15, 0.2) is 0 Å². The molecule has 0 aromatic carbocycles. The molecule has 15 heavy (non-hydrogen) atoms. The normalized spacial score (nSPS) is 25.5. The Balaban J connectivity index is 2.12. The third-order valence-corrected chi connectivity index (χ3v) is 2.56. The summed E-state index contributed by atoms with van der Waals surface area (Å²) in [6.45, 7) is 2.78. The van der Waals surface area contributed by atoms with E-state index < -0.39 is 6.10 Å². The predicted molar refractivity (Wildman–Crippen MR) is 58.2 cm³/mol. The van der Waals surface area contributed by atoms with Crippen LogP contribution in [0.2, 0.25) is 0 Å². The van der Waals surface area contributed by atoms with Crippen LogP contribution in [0.4, 0.5) is 0 Å². The molecule has 0 aliphatic carbocycles. The summed E-state index contributed by atoms with van der Waals surface area (Å²) in [5.74, 6) is 2.29. The molecule has 1 rings (SSSR count). The highest BCUT2D eigenvalue weighted by atomic mass is 16.7. The molecule has 0 spiro atoms. The van der Waals surface area contributed by atoms with Crippen LogP contribution in [-0.4, -0.2) is 30.2 Å². The Hall–Kier alpha value is -0.560. The summed E-state index contributed by atoms with van der Waals surface area (Å²) in [5.41, 5.74) is 0. The third-order valence-electron chi connectivity index (χ3n) is 2.56. The molecule has 0 aromatic rings. The van der Waals surface area contributed by atoms with Crippen LogP contribution in [-0.2, 0) is 9.47 Å². The van der Waals surface area contributed by atoms with E-state index in [0.29, 0.717) is 6.42 Å². The molecule has 3 atom stereocenters. The van der Waals surface area contributed by atoms with Crippen LogP contribution in [0.5, 0.6) is 0 Å². The Labute approximate surface area is 91.8 Å². The van der Waals surface area contributed by atoms with Crippen LogP contribution < -0.4 is 0 Å². The van der Waals surface area contributed by atoms with E-state index in [1.54, 1.807) is 0 Å². The first-order valence-electron chi connectivity index (χ1n) is 5.63. The second-order valence-corrected chi connectivity index (χ2v) is 4.00. The maximum Gasteiger partial charge on any atom is 0.157 e. The van der Waals surface area contributed by atoms with Gasteiger partial charge in [0.1, 0.15) is 6.10 Å². The van der Waals surface area contributed by atoms with E-state index in [2.05, 4.69) is 5.92 Å². The first-order valence-corrected chi connectivity index (χ1v) is 5.63. The average Bonchev–Trinajstić information content (AvgIpc) is 2.27. The molecule has 1 aliphatic rings. The van der Waals surface area contributed by atoms with E-state index >= 15 is 0 Å². The van der Waals surface area contributed by atoms with Crippen molar-refractivity contribution in [3.05, 3.63) is 0 Å².